The highest BCUT2D eigenvalue weighted by molar-refractivity contribution is 5.95. The first kappa shape index (κ1) is 20.4. The number of hydrogen-bond donors (Lipinski definition) is 2. The van der Waals surface area contributed by atoms with Crippen LogP contribution < -0.4 is 20.3 Å². The van der Waals surface area contributed by atoms with Crippen LogP contribution in [0.5, 0.6) is 5.75 Å². The maximum absolute atomic E-state index is 12.4. The predicted octanol–water partition coefficient (Wildman–Crippen LogP) is 0.945. The Balaban J connectivity index is 1.60. The van der Waals surface area contributed by atoms with Crippen LogP contribution in [-0.2, 0) is 14.3 Å². The fraction of sp³-hybridized carbons (Fsp3) is 0.600. The van der Waals surface area contributed by atoms with Crippen molar-refractivity contribution < 1.29 is 23.8 Å². The highest BCUT2D eigenvalue weighted by Crippen LogP contribution is 2.34. The van der Waals surface area contributed by atoms with Gasteiger partial charge in [-0.2, -0.15) is 0 Å². The molecule has 8 heteroatoms. The van der Waals surface area contributed by atoms with E-state index in [1.165, 1.54) is 0 Å². The van der Waals surface area contributed by atoms with Crippen LogP contribution >= 0.6 is 0 Å². The van der Waals surface area contributed by atoms with E-state index in [0.29, 0.717) is 45.0 Å². The molecule has 0 aromatic heterocycles. The average molecular weight is 391 g/mol. The summed E-state index contributed by atoms with van der Waals surface area (Å²) in [5, 5.41) is 5.90. The Morgan fingerprint density at radius 2 is 2.07 bits per heavy atom. The second-order valence-electron chi connectivity index (χ2n) is 7.17. The number of nitrogens with zero attached hydrogens (tertiary/aromatic N) is 1. The third-order valence-corrected chi connectivity index (χ3v) is 5.18. The van der Waals surface area contributed by atoms with Crippen LogP contribution in [0.3, 0.4) is 0 Å². The van der Waals surface area contributed by atoms with E-state index in [4.69, 9.17) is 14.2 Å². The number of rotatable bonds is 7. The lowest BCUT2D eigenvalue weighted by Crippen LogP contribution is -2.46. The van der Waals surface area contributed by atoms with Gasteiger partial charge < -0.3 is 29.7 Å². The van der Waals surface area contributed by atoms with E-state index in [2.05, 4.69) is 10.6 Å². The van der Waals surface area contributed by atoms with Crippen molar-refractivity contribution in [2.75, 3.05) is 52.0 Å². The molecule has 1 aromatic carbocycles. The van der Waals surface area contributed by atoms with E-state index in [1.54, 1.807) is 25.3 Å². The number of carbonyl (C=O) groups is 2. The number of carbonyl (C=O) groups excluding carboxylic acids is 2. The zero-order valence-corrected chi connectivity index (χ0v) is 16.5. The quantitative estimate of drug-likeness (QED) is 0.673. The van der Waals surface area contributed by atoms with Crippen LogP contribution in [0.2, 0.25) is 0 Å². The molecular weight excluding hydrogens is 362 g/mol. The summed E-state index contributed by atoms with van der Waals surface area (Å²) < 4.78 is 16.1. The molecule has 1 aromatic rings. The van der Waals surface area contributed by atoms with Gasteiger partial charge in [-0.15, -0.1) is 0 Å². The largest absolute Gasteiger partial charge is 0.489 e. The van der Waals surface area contributed by atoms with Crippen LogP contribution in [0.4, 0.5) is 5.69 Å². The second kappa shape index (κ2) is 9.75. The summed E-state index contributed by atoms with van der Waals surface area (Å²) in [7, 11) is 3.52. The first-order chi connectivity index (χ1) is 13.6. The molecule has 2 heterocycles. The van der Waals surface area contributed by atoms with Crippen LogP contribution in [0, 0.1) is 0 Å². The van der Waals surface area contributed by atoms with Gasteiger partial charge in [0.2, 0.25) is 5.91 Å². The van der Waals surface area contributed by atoms with Crippen LogP contribution in [0.1, 0.15) is 29.6 Å². The van der Waals surface area contributed by atoms with Gasteiger partial charge in [0.1, 0.15) is 12.4 Å². The normalized spacial score (nSPS) is 19.5. The minimum absolute atomic E-state index is 0.0178. The van der Waals surface area contributed by atoms with Gasteiger partial charge in [0.15, 0.2) is 0 Å². The third kappa shape index (κ3) is 5.14. The summed E-state index contributed by atoms with van der Waals surface area (Å²) in [5.41, 5.74) is 1.37. The maximum Gasteiger partial charge on any atom is 0.251 e. The number of amides is 2. The van der Waals surface area contributed by atoms with Crippen molar-refractivity contribution in [3.63, 3.8) is 0 Å². The van der Waals surface area contributed by atoms with Crippen molar-refractivity contribution in [2.24, 2.45) is 0 Å². The standard InChI is InChI=1S/C20H29N3O5/c1-23-16(12-19(24)22-15-5-8-27-9-6-15)13-28-18-4-3-14(11-17(18)23)20(25)21-7-10-26-2/h3-4,11,15-16H,5-10,12-13H2,1-2H3,(H,21,25)(H,22,24)/t16-/m1/s1. The number of methoxy groups -OCH3 is 1. The van der Waals surface area contributed by atoms with E-state index in [-0.39, 0.29) is 23.9 Å². The Morgan fingerprint density at radius 1 is 1.29 bits per heavy atom. The molecule has 8 nitrogen and oxygen atoms in total. The van der Waals surface area contributed by atoms with E-state index in [9.17, 15) is 9.59 Å². The topological polar surface area (TPSA) is 89.1 Å². The van der Waals surface area contributed by atoms with Crippen LogP contribution in [0.15, 0.2) is 18.2 Å². The molecular formula is C20H29N3O5. The number of anilines is 1. The van der Waals surface area contributed by atoms with E-state index in [0.717, 1.165) is 24.3 Å². The number of ether oxygens (including phenoxy) is 3. The predicted molar refractivity (Wildman–Crippen MR) is 105 cm³/mol. The van der Waals surface area contributed by atoms with Crippen LogP contribution in [-0.4, -0.2) is 71.0 Å². The monoisotopic (exact) mass is 391 g/mol. The Bertz CT molecular complexity index is 690. The summed E-state index contributed by atoms with van der Waals surface area (Å²) in [6.07, 6.45) is 2.05. The van der Waals surface area contributed by atoms with Crippen molar-refractivity contribution in [1.82, 2.24) is 10.6 Å². The fourth-order valence-electron chi connectivity index (χ4n) is 3.46. The van der Waals surface area contributed by atoms with Gasteiger partial charge in [-0.25, -0.2) is 0 Å². The molecule has 1 saturated heterocycles. The number of benzene rings is 1. The van der Waals surface area contributed by atoms with Gasteiger partial charge in [-0.1, -0.05) is 0 Å². The molecule has 0 spiro atoms. The van der Waals surface area contributed by atoms with Crippen molar-refractivity contribution >= 4 is 17.5 Å². The lowest BCUT2D eigenvalue weighted by molar-refractivity contribution is -0.122. The molecule has 0 saturated carbocycles. The first-order valence-electron chi connectivity index (χ1n) is 9.72. The van der Waals surface area contributed by atoms with Gasteiger partial charge in [-0.05, 0) is 31.0 Å². The molecule has 2 amide bonds. The smallest absolute Gasteiger partial charge is 0.251 e. The Hall–Kier alpha value is -2.32. The van der Waals surface area contributed by atoms with E-state index in [1.807, 2.05) is 11.9 Å². The molecule has 154 valence electrons. The lowest BCUT2D eigenvalue weighted by atomic mass is 10.1. The average Bonchev–Trinajstić information content (AvgIpc) is 2.71. The number of likely N-dealkylation sites (N-methyl/N-ethyl adjacent to an activating group) is 1. The Kier molecular flexibility index (Phi) is 7.11. The lowest BCUT2D eigenvalue weighted by Gasteiger charge is -2.36. The zero-order valence-electron chi connectivity index (χ0n) is 16.5. The molecule has 1 fully saturated rings. The molecule has 2 N–H and O–H groups in total. The number of hydrogen-bond acceptors (Lipinski definition) is 6. The molecule has 0 radical (unpaired) electrons. The van der Waals surface area contributed by atoms with Crippen molar-refractivity contribution in [1.29, 1.82) is 0 Å². The number of nitrogens with one attached hydrogen (secondary N) is 2. The number of fused-ring (bicyclic) bond motifs is 1. The second-order valence-corrected chi connectivity index (χ2v) is 7.17. The SMILES string of the molecule is COCCNC(=O)c1ccc2c(c1)N(C)[C@H](CC(=O)NC1CCOCC1)CO2. The summed E-state index contributed by atoms with van der Waals surface area (Å²) in [6, 6.07) is 5.45. The molecule has 1 atom stereocenters. The highest BCUT2D eigenvalue weighted by Gasteiger charge is 2.28. The first-order valence-corrected chi connectivity index (χ1v) is 9.72. The summed E-state index contributed by atoms with van der Waals surface area (Å²) in [6.45, 7) is 2.74. The Morgan fingerprint density at radius 3 is 2.82 bits per heavy atom. The van der Waals surface area contributed by atoms with Gasteiger partial charge in [0.25, 0.3) is 5.91 Å². The molecule has 3 rings (SSSR count). The zero-order chi connectivity index (χ0) is 19.9. The highest BCUT2D eigenvalue weighted by atomic mass is 16.5. The molecule has 28 heavy (non-hydrogen) atoms. The Labute approximate surface area is 165 Å². The molecule has 0 unspecified atom stereocenters. The van der Waals surface area contributed by atoms with Crippen molar-refractivity contribution in [2.45, 2.75) is 31.3 Å². The molecule has 0 bridgehead atoms. The maximum atomic E-state index is 12.4. The minimum Gasteiger partial charge on any atom is -0.489 e. The van der Waals surface area contributed by atoms with Crippen molar-refractivity contribution in [3.05, 3.63) is 23.8 Å². The van der Waals surface area contributed by atoms with Crippen LogP contribution in [0.25, 0.3) is 0 Å². The molecule has 2 aliphatic rings. The fourth-order valence-corrected chi connectivity index (χ4v) is 3.46. The third-order valence-electron chi connectivity index (χ3n) is 5.18. The van der Waals surface area contributed by atoms with Crippen molar-refractivity contribution in [3.8, 4) is 5.75 Å². The molecule has 0 aliphatic carbocycles. The van der Waals surface area contributed by atoms with Gasteiger partial charge in [-0.3, -0.25) is 9.59 Å². The summed E-state index contributed by atoms with van der Waals surface area (Å²) in [5.74, 6) is 0.578. The van der Waals surface area contributed by atoms with E-state index < -0.39 is 0 Å². The van der Waals surface area contributed by atoms with Gasteiger partial charge >= 0.3 is 0 Å². The minimum atomic E-state index is -0.160. The van der Waals surface area contributed by atoms with Gasteiger partial charge in [0.05, 0.1) is 24.8 Å². The van der Waals surface area contributed by atoms with Gasteiger partial charge in [0, 0.05) is 45.5 Å². The summed E-state index contributed by atoms with van der Waals surface area (Å²) >= 11 is 0. The summed E-state index contributed by atoms with van der Waals surface area (Å²) in [4.78, 5) is 26.8. The molecule has 2 aliphatic heterocycles. The van der Waals surface area contributed by atoms with E-state index >= 15 is 0 Å².